The Labute approximate surface area is 111 Å². The Morgan fingerprint density at radius 1 is 1.35 bits per heavy atom. The highest BCUT2D eigenvalue weighted by Crippen LogP contribution is 2.28. The van der Waals surface area contributed by atoms with Gasteiger partial charge in [-0.3, -0.25) is 0 Å². The fourth-order valence-electron chi connectivity index (χ4n) is 1.62. The van der Waals surface area contributed by atoms with Crippen molar-refractivity contribution in [1.82, 2.24) is 9.78 Å². The molecule has 5 nitrogen and oxygen atoms in total. The molecule has 2 rings (SSSR count). The minimum Gasteiger partial charge on any atom is -0.465 e. The molecule has 0 saturated carbocycles. The van der Waals surface area contributed by atoms with Crippen molar-refractivity contribution in [1.29, 1.82) is 0 Å². The molecule has 106 valence electrons. The Morgan fingerprint density at radius 2 is 2.05 bits per heavy atom. The second-order valence-corrected chi connectivity index (χ2v) is 3.91. The number of carbonyl (C=O) groups excluding carboxylic acids is 1. The highest BCUT2D eigenvalue weighted by Gasteiger charge is 2.33. The first-order valence-electron chi connectivity index (χ1n) is 5.44. The SMILES string of the molecule is COC(=O)c1ccc(-n2ccc(C(F)(F)F)n2)c(N)c1. The average molecular weight is 285 g/mol. The van der Waals surface area contributed by atoms with Gasteiger partial charge in [0.2, 0.25) is 0 Å². The summed E-state index contributed by atoms with van der Waals surface area (Å²) in [6.45, 7) is 0. The third kappa shape index (κ3) is 2.58. The van der Waals surface area contributed by atoms with Crippen molar-refractivity contribution in [3.63, 3.8) is 0 Å². The minimum atomic E-state index is -4.52. The van der Waals surface area contributed by atoms with Crippen LogP contribution in [0.4, 0.5) is 18.9 Å². The topological polar surface area (TPSA) is 70.1 Å². The number of anilines is 1. The zero-order chi connectivity index (χ0) is 14.9. The first-order chi connectivity index (χ1) is 9.32. The summed E-state index contributed by atoms with van der Waals surface area (Å²) in [5.74, 6) is -0.584. The van der Waals surface area contributed by atoms with Gasteiger partial charge < -0.3 is 10.5 Å². The molecule has 0 aliphatic rings. The lowest BCUT2D eigenvalue weighted by Gasteiger charge is -2.08. The van der Waals surface area contributed by atoms with Crippen LogP contribution in [-0.4, -0.2) is 22.9 Å². The number of rotatable bonds is 2. The number of hydrogen-bond acceptors (Lipinski definition) is 4. The van der Waals surface area contributed by atoms with Crippen LogP contribution >= 0.6 is 0 Å². The van der Waals surface area contributed by atoms with Gasteiger partial charge in [-0.2, -0.15) is 18.3 Å². The van der Waals surface area contributed by atoms with Crippen LogP contribution in [0.15, 0.2) is 30.5 Å². The van der Waals surface area contributed by atoms with Gasteiger partial charge in [0.05, 0.1) is 24.0 Å². The molecule has 0 radical (unpaired) electrons. The van der Waals surface area contributed by atoms with Crippen LogP contribution in [-0.2, 0) is 10.9 Å². The van der Waals surface area contributed by atoms with E-state index in [0.29, 0.717) is 0 Å². The number of carbonyl (C=O) groups is 1. The van der Waals surface area contributed by atoms with E-state index in [1.807, 2.05) is 0 Å². The average Bonchev–Trinajstić information content (AvgIpc) is 2.87. The van der Waals surface area contributed by atoms with Crippen LogP contribution < -0.4 is 5.73 Å². The number of hydrogen-bond donors (Lipinski definition) is 1. The molecular weight excluding hydrogens is 275 g/mol. The van der Waals surface area contributed by atoms with Crippen molar-refractivity contribution >= 4 is 11.7 Å². The van der Waals surface area contributed by atoms with E-state index < -0.39 is 17.8 Å². The van der Waals surface area contributed by atoms with E-state index >= 15 is 0 Å². The van der Waals surface area contributed by atoms with Crippen molar-refractivity contribution in [3.05, 3.63) is 41.7 Å². The third-order valence-corrected chi connectivity index (χ3v) is 2.57. The smallest absolute Gasteiger partial charge is 0.435 e. The number of halogens is 3. The van der Waals surface area contributed by atoms with E-state index in [0.717, 1.165) is 16.9 Å². The Hall–Kier alpha value is -2.51. The maximum absolute atomic E-state index is 12.5. The number of alkyl halides is 3. The summed E-state index contributed by atoms with van der Waals surface area (Å²) in [5, 5.41) is 3.40. The molecule has 8 heteroatoms. The van der Waals surface area contributed by atoms with Crippen LogP contribution in [0.2, 0.25) is 0 Å². The minimum absolute atomic E-state index is 0.115. The molecule has 1 heterocycles. The summed E-state index contributed by atoms with van der Waals surface area (Å²) < 4.78 is 42.9. The number of benzene rings is 1. The van der Waals surface area contributed by atoms with Crippen LogP contribution in [0.1, 0.15) is 16.1 Å². The van der Waals surface area contributed by atoms with Crippen LogP contribution in [0.25, 0.3) is 5.69 Å². The summed E-state index contributed by atoms with van der Waals surface area (Å²) in [7, 11) is 1.22. The summed E-state index contributed by atoms with van der Waals surface area (Å²) in [6.07, 6.45) is -3.38. The molecule has 0 saturated heterocycles. The molecule has 0 fully saturated rings. The molecule has 2 aromatic rings. The summed E-state index contributed by atoms with van der Waals surface area (Å²) in [5.41, 5.74) is 5.26. The van der Waals surface area contributed by atoms with Crippen LogP contribution in [0.3, 0.4) is 0 Å². The largest absolute Gasteiger partial charge is 0.465 e. The van der Waals surface area contributed by atoms with Crippen LogP contribution in [0, 0.1) is 0 Å². The van der Waals surface area contributed by atoms with Crippen molar-refractivity contribution in [2.45, 2.75) is 6.18 Å². The predicted octanol–water partition coefficient (Wildman–Crippen LogP) is 2.26. The summed E-state index contributed by atoms with van der Waals surface area (Å²) in [4.78, 5) is 11.3. The van der Waals surface area contributed by atoms with Gasteiger partial charge >= 0.3 is 12.1 Å². The second kappa shape index (κ2) is 4.87. The number of ether oxygens (including phenoxy) is 1. The van der Waals surface area contributed by atoms with Gasteiger partial charge in [0, 0.05) is 6.20 Å². The Balaban J connectivity index is 2.39. The molecule has 1 aromatic heterocycles. The van der Waals surface area contributed by atoms with Crippen molar-refractivity contribution < 1.29 is 22.7 Å². The van der Waals surface area contributed by atoms with E-state index in [1.54, 1.807) is 0 Å². The molecule has 0 spiro atoms. The van der Waals surface area contributed by atoms with Gasteiger partial charge in [-0.1, -0.05) is 0 Å². The summed E-state index contributed by atoms with van der Waals surface area (Å²) in [6, 6.07) is 4.95. The van der Waals surface area contributed by atoms with Gasteiger partial charge in [-0.05, 0) is 24.3 Å². The van der Waals surface area contributed by atoms with E-state index in [-0.39, 0.29) is 16.9 Å². The standard InChI is InChI=1S/C12H10F3N3O2/c1-20-11(19)7-2-3-9(8(16)6-7)18-5-4-10(17-18)12(13,14)15/h2-6H,16H2,1H3. The maximum Gasteiger partial charge on any atom is 0.435 e. The fraction of sp³-hybridized carbons (Fsp3) is 0.167. The highest BCUT2D eigenvalue weighted by atomic mass is 19.4. The lowest BCUT2D eigenvalue weighted by Crippen LogP contribution is -2.09. The number of nitrogens with zero attached hydrogens (tertiary/aromatic N) is 2. The first kappa shape index (κ1) is 13.9. The van der Waals surface area contributed by atoms with E-state index in [4.69, 9.17) is 5.73 Å². The number of methoxy groups -OCH3 is 1. The molecule has 1 aromatic carbocycles. The van der Waals surface area contributed by atoms with Crippen LogP contribution in [0.5, 0.6) is 0 Å². The van der Waals surface area contributed by atoms with Gasteiger partial charge in [0.15, 0.2) is 5.69 Å². The monoisotopic (exact) mass is 285 g/mol. The lowest BCUT2D eigenvalue weighted by molar-refractivity contribution is -0.141. The molecule has 0 unspecified atom stereocenters. The van der Waals surface area contributed by atoms with Gasteiger partial charge in [0.1, 0.15) is 0 Å². The zero-order valence-electron chi connectivity index (χ0n) is 10.3. The Kier molecular flexibility index (Phi) is 3.39. The molecule has 0 bridgehead atoms. The molecule has 0 aliphatic heterocycles. The number of nitrogen functional groups attached to an aromatic ring is 1. The summed E-state index contributed by atoms with van der Waals surface area (Å²) >= 11 is 0. The second-order valence-electron chi connectivity index (χ2n) is 3.91. The third-order valence-electron chi connectivity index (χ3n) is 2.57. The molecule has 0 atom stereocenters. The fourth-order valence-corrected chi connectivity index (χ4v) is 1.62. The number of esters is 1. The molecule has 0 aliphatic carbocycles. The predicted molar refractivity (Wildman–Crippen MR) is 64.3 cm³/mol. The highest BCUT2D eigenvalue weighted by molar-refractivity contribution is 5.91. The van der Waals surface area contributed by atoms with E-state index in [2.05, 4.69) is 9.84 Å². The lowest BCUT2D eigenvalue weighted by atomic mass is 10.2. The van der Waals surface area contributed by atoms with Gasteiger partial charge in [-0.25, -0.2) is 9.48 Å². The van der Waals surface area contributed by atoms with Gasteiger partial charge in [-0.15, -0.1) is 0 Å². The molecular formula is C12H10F3N3O2. The Bertz CT molecular complexity index is 650. The normalized spacial score (nSPS) is 11.4. The van der Waals surface area contributed by atoms with Crippen molar-refractivity contribution in [2.24, 2.45) is 0 Å². The van der Waals surface area contributed by atoms with Crippen molar-refractivity contribution in [3.8, 4) is 5.69 Å². The Morgan fingerprint density at radius 3 is 2.55 bits per heavy atom. The molecule has 2 N–H and O–H groups in total. The van der Waals surface area contributed by atoms with Crippen molar-refractivity contribution in [2.75, 3.05) is 12.8 Å². The first-order valence-corrected chi connectivity index (χ1v) is 5.44. The molecule has 20 heavy (non-hydrogen) atoms. The van der Waals surface area contributed by atoms with E-state index in [9.17, 15) is 18.0 Å². The number of aromatic nitrogens is 2. The zero-order valence-corrected chi connectivity index (χ0v) is 10.3. The number of nitrogens with two attached hydrogens (primary N) is 1. The van der Waals surface area contributed by atoms with E-state index in [1.165, 1.54) is 25.3 Å². The van der Waals surface area contributed by atoms with Gasteiger partial charge in [0.25, 0.3) is 0 Å². The maximum atomic E-state index is 12.5. The quantitative estimate of drug-likeness (QED) is 0.678. The molecule has 0 amide bonds.